The molecule has 23 heavy (non-hydrogen) atoms. The summed E-state index contributed by atoms with van der Waals surface area (Å²) in [6, 6.07) is 20.5. The minimum atomic E-state index is -0.197. The van der Waals surface area contributed by atoms with Gasteiger partial charge in [-0.2, -0.15) is 0 Å². The molecule has 0 saturated carbocycles. The molecule has 2 nitrogen and oxygen atoms in total. The van der Waals surface area contributed by atoms with Crippen molar-refractivity contribution in [1.29, 1.82) is 0 Å². The van der Waals surface area contributed by atoms with Gasteiger partial charge in [0.1, 0.15) is 6.10 Å². The van der Waals surface area contributed by atoms with Crippen LogP contribution in [0.25, 0.3) is 0 Å². The van der Waals surface area contributed by atoms with Crippen LogP contribution in [-0.4, -0.2) is 6.61 Å². The quantitative estimate of drug-likeness (QED) is 0.405. The van der Waals surface area contributed by atoms with Crippen LogP contribution in [0.15, 0.2) is 73.5 Å². The summed E-state index contributed by atoms with van der Waals surface area (Å²) in [6.07, 6.45) is 4.59. The van der Waals surface area contributed by atoms with Gasteiger partial charge in [0.25, 0.3) is 0 Å². The summed E-state index contributed by atoms with van der Waals surface area (Å²) < 4.78 is 12.1. The lowest BCUT2D eigenvalue weighted by molar-refractivity contribution is -0.0481. The zero-order valence-corrected chi connectivity index (χ0v) is 13.9. The summed E-state index contributed by atoms with van der Waals surface area (Å²) in [4.78, 5) is 0. The van der Waals surface area contributed by atoms with Gasteiger partial charge in [0.2, 0.25) is 0 Å². The normalized spacial score (nSPS) is 13.3. The highest BCUT2D eigenvalue weighted by Gasteiger charge is 2.26. The SMILES string of the molecule is C=CO[C@H](c1ccccc1)[C@@H](OCCCCC)c1ccccc1. The van der Waals surface area contributed by atoms with Gasteiger partial charge in [-0.1, -0.05) is 87.0 Å². The van der Waals surface area contributed by atoms with Gasteiger partial charge in [-0.15, -0.1) is 0 Å². The Bertz CT molecular complexity index is 551. The van der Waals surface area contributed by atoms with Crippen molar-refractivity contribution in [2.75, 3.05) is 6.61 Å². The molecule has 2 atom stereocenters. The van der Waals surface area contributed by atoms with Crippen LogP contribution in [0.5, 0.6) is 0 Å². The van der Waals surface area contributed by atoms with E-state index in [1.165, 1.54) is 19.1 Å². The molecule has 0 aliphatic carbocycles. The van der Waals surface area contributed by atoms with Crippen molar-refractivity contribution in [3.8, 4) is 0 Å². The average Bonchev–Trinajstić information content (AvgIpc) is 2.62. The number of unbranched alkanes of at least 4 members (excludes halogenated alkanes) is 2. The predicted molar refractivity (Wildman–Crippen MR) is 95.1 cm³/mol. The molecule has 0 heterocycles. The van der Waals surface area contributed by atoms with Gasteiger partial charge in [0.15, 0.2) is 6.10 Å². The molecule has 0 bridgehead atoms. The maximum absolute atomic E-state index is 6.23. The zero-order chi connectivity index (χ0) is 16.3. The fourth-order valence-electron chi connectivity index (χ4n) is 2.63. The molecule has 0 fully saturated rings. The molecule has 2 aromatic rings. The predicted octanol–water partition coefficient (Wildman–Crippen LogP) is 5.84. The average molecular weight is 310 g/mol. The standard InChI is InChI=1S/C21H26O2/c1-3-5-12-17-23-21(19-15-10-7-11-16-19)20(22-4-2)18-13-8-6-9-14-18/h4,6-11,13-16,20-21H,2-3,5,12,17H2,1H3/t20-,21+/m1/s1. The van der Waals surface area contributed by atoms with E-state index in [2.05, 4.69) is 37.8 Å². The van der Waals surface area contributed by atoms with Crippen LogP contribution in [0.3, 0.4) is 0 Å². The molecule has 0 saturated heterocycles. The van der Waals surface area contributed by atoms with Crippen molar-refractivity contribution in [3.63, 3.8) is 0 Å². The third kappa shape index (κ3) is 5.26. The Labute approximate surface area is 139 Å². The third-order valence-electron chi connectivity index (χ3n) is 3.82. The van der Waals surface area contributed by atoms with E-state index in [-0.39, 0.29) is 12.2 Å². The van der Waals surface area contributed by atoms with E-state index in [1.807, 2.05) is 36.4 Å². The number of hydrogen-bond donors (Lipinski definition) is 0. The molecule has 2 aromatic carbocycles. The summed E-state index contributed by atoms with van der Waals surface area (Å²) >= 11 is 0. The summed E-state index contributed by atoms with van der Waals surface area (Å²) in [7, 11) is 0. The van der Waals surface area contributed by atoms with Crippen molar-refractivity contribution in [2.24, 2.45) is 0 Å². The first-order valence-electron chi connectivity index (χ1n) is 8.34. The molecule has 0 N–H and O–H groups in total. The number of hydrogen-bond acceptors (Lipinski definition) is 2. The molecule has 0 spiro atoms. The van der Waals surface area contributed by atoms with Gasteiger partial charge in [-0.3, -0.25) is 0 Å². The molecule has 122 valence electrons. The topological polar surface area (TPSA) is 18.5 Å². The Morgan fingerprint density at radius 2 is 1.43 bits per heavy atom. The van der Waals surface area contributed by atoms with Gasteiger partial charge >= 0.3 is 0 Å². The zero-order valence-electron chi connectivity index (χ0n) is 13.9. The first-order chi connectivity index (χ1) is 11.4. The number of ether oxygens (including phenoxy) is 2. The lowest BCUT2D eigenvalue weighted by atomic mass is 9.98. The van der Waals surface area contributed by atoms with Crippen molar-refractivity contribution in [3.05, 3.63) is 84.6 Å². The Balaban J connectivity index is 2.23. The molecule has 0 aliphatic rings. The summed E-state index contributed by atoms with van der Waals surface area (Å²) in [5.74, 6) is 0. The van der Waals surface area contributed by atoms with Crippen molar-refractivity contribution >= 4 is 0 Å². The van der Waals surface area contributed by atoms with Crippen LogP contribution in [0.1, 0.15) is 49.5 Å². The lowest BCUT2D eigenvalue weighted by Crippen LogP contribution is -2.17. The second kappa shape index (κ2) is 9.86. The van der Waals surface area contributed by atoms with Crippen LogP contribution >= 0.6 is 0 Å². The van der Waals surface area contributed by atoms with E-state index in [1.54, 1.807) is 0 Å². The van der Waals surface area contributed by atoms with Crippen molar-refractivity contribution in [2.45, 2.75) is 38.4 Å². The van der Waals surface area contributed by atoms with Gasteiger partial charge in [-0.25, -0.2) is 0 Å². The van der Waals surface area contributed by atoms with E-state index in [0.29, 0.717) is 0 Å². The highest BCUT2D eigenvalue weighted by molar-refractivity contribution is 5.25. The van der Waals surface area contributed by atoms with Gasteiger partial charge < -0.3 is 9.47 Å². The Hall–Kier alpha value is -2.06. The van der Waals surface area contributed by atoms with Crippen molar-refractivity contribution in [1.82, 2.24) is 0 Å². The van der Waals surface area contributed by atoms with E-state index in [4.69, 9.17) is 9.47 Å². The molecule has 0 radical (unpaired) electrons. The molecular weight excluding hydrogens is 284 g/mol. The van der Waals surface area contributed by atoms with E-state index < -0.39 is 0 Å². The van der Waals surface area contributed by atoms with Gasteiger partial charge in [0.05, 0.1) is 6.26 Å². The summed E-state index contributed by atoms with van der Waals surface area (Å²) in [5.41, 5.74) is 2.22. The fourth-order valence-corrected chi connectivity index (χ4v) is 2.63. The van der Waals surface area contributed by atoms with E-state index in [0.717, 1.165) is 24.2 Å². The minimum absolute atomic E-state index is 0.145. The Morgan fingerprint density at radius 3 is 1.96 bits per heavy atom. The molecule has 2 heteroatoms. The smallest absolute Gasteiger partial charge is 0.153 e. The molecular formula is C21H26O2. The largest absolute Gasteiger partial charge is 0.491 e. The number of benzene rings is 2. The first-order valence-corrected chi connectivity index (χ1v) is 8.34. The second-order valence-electron chi connectivity index (χ2n) is 5.54. The van der Waals surface area contributed by atoms with Crippen LogP contribution in [-0.2, 0) is 9.47 Å². The summed E-state index contributed by atoms with van der Waals surface area (Å²) in [5, 5.41) is 0. The van der Waals surface area contributed by atoms with E-state index in [9.17, 15) is 0 Å². The van der Waals surface area contributed by atoms with Crippen LogP contribution in [0.4, 0.5) is 0 Å². The van der Waals surface area contributed by atoms with Gasteiger partial charge in [0, 0.05) is 6.61 Å². The van der Waals surface area contributed by atoms with Crippen LogP contribution in [0.2, 0.25) is 0 Å². The summed E-state index contributed by atoms with van der Waals surface area (Å²) in [6.45, 7) is 6.66. The molecule has 0 unspecified atom stereocenters. The molecule has 0 aromatic heterocycles. The maximum Gasteiger partial charge on any atom is 0.153 e. The second-order valence-corrected chi connectivity index (χ2v) is 5.54. The number of rotatable bonds is 10. The maximum atomic E-state index is 6.23. The van der Waals surface area contributed by atoms with Crippen molar-refractivity contribution < 1.29 is 9.47 Å². The first kappa shape index (κ1) is 17.3. The third-order valence-corrected chi connectivity index (χ3v) is 3.82. The highest BCUT2D eigenvalue weighted by Crippen LogP contribution is 2.35. The molecule has 0 amide bonds. The Kier molecular flexibility index (Phi) is 7.41. The van der Waals surface area contributed by atoms with Gasteiger partial charge in [-0.05, 0) is 17.5 Å². The highest BCUT2D eigenvalue weighted by atomic mass is 16.5. The fraction of sp³-hybridized carbons (Fsp3) is 0.333. The Morgan fingerprint density at radius 1 is 0.870 bits per heavy atom. The van der Waals surface area contributed by atoms with E-state index >= 15 is 0 Å². The minimum Gasteiger partial charge on any atom is -0.491 e. The molecule has 0 aliphatic heterocycles. The molecule has 2 rings (SSSR count). The van der Waals surface area contributed by atoms with Crippen LogP contribution in [0, 0.1) is 0 Å². The lowest BCUT2D eigenvalue weighted by Gasteiger charge is -2.27. The monoisotopic (exact) mass is 310 g/mol. The van der Waals surface area contributed by atoms with Crippen LogP contribution < -0.4 is 0 Å².